The van der Waals surface area contributed by atoms with E-state index in [-0.39, 0.29) is 61.6 Å². The molecule has 244 valence electrons. The van der Waals surface area contributed by atoms with Gasteiger partial charge in [-0.25, -0.2) is 17.8 Å². The van der Waals surface area contributed by atoms with Gasteiger partial charge in [0.05, 0.1) is 10.6 Å². The van der Waals surface area contributed by atoms with E-state index in [1.54, 1.807) is 53.4 Å². The molecule has 2 aliphatic heterocycles. The number of halogens is 3. The van der Waals surface area contributed by atoms with Crippen LogP contribution < -0.4 is 4.74 Å². The number of ether oxygens (including phenoxy) is 1. The molecule has 0 atom stereocenters. The van der Waals surface area contributed by atoms with E-state index < -0.39 is 21.9 Å². The molecule has 0 N–H and O–H groups in total. The lowest BCUT2D eigenvalue weighted by molar-refractivity contribution is -0.155. The minimum atomic E-state index is -3.94. The Morgan fingerprint density at radius 3 is 2.13 bits per heavy atom. The predicted molar refractivity (Wildman–Crippen MR) is 167 cm³/mol. The molecule has 3 heterocycles. The predicted octanol–water partition coefficient (Wildman–Crippen LogP) is 5.37. The Morgan fingerprint density at radius 1 is 0.809 bits per heavy atom. The zero-order chi connectivity index (χ0) is 33.3. The van der Waals surface area contributed by atoms with Crippen LogP contribution in [0.2, 0.25) is 0 Å². The Morgan fingerprint density at radius 2 is 1.47 bits per heavy atom. The number of carbonyl (C=O) groups is 2. The van der Waals surface area contributed by atoms with Crippen molar-refractivity contribution < 1.29 is 35.9 Å². The molecule has 13 heteroatoms. The van der Waals surface area contributed by atoms with Crippen LogP contribution in [-0.4, -0.2) is 78.0 Å². The van der Waals surface area contributed by atoms with E-state index in [0.717, 1.165) is 16.0 Å². The second-order valence-corrected chi connectivity index (χ2v) is 13.4. The smallest absolute Gasteiger partial charge is 0.322 e. The zero-order valence-corrected chi connectivity index (χ0v) is 26.2. The van der Waals surface area contributed by atoms with E-state index >= 15 is 0 Å². The van der Waals surface area contributed by atoms with Gasteiger partial charge in [0, 0.05) is 51.8 Å². The standard InChI is InChI=1S/C34H31F3N4O5S/c1-34(36,37)33(43)40-16-15-23-7-14-29(21-25(23)22-40)47(44,45)41-19-17-39(18-20-41)32(42)31-4-2-3-30(38-31)24-5-10-27(11-6-24)46-28-12-8-26(35)9-13-28/h2-14,21H,15-20,22H2,1H3. The molecule has 0 saturated carbocycles. The fraction of sp³-hybridized carbons (Fsp3) is 0.265. The van der Waals surface area contributed by atoms with Gasteiger partial charge in [0.15, 0.2) is 0 Å². The number of rotatable bonds is 7. The molecule has 47 heavy (non-hydrogen) atoms. The lowest BCUT2D eigenvalue weighted by atomic mass is 9.99. The van der Waals surface area contributed by atoms with Crippen LogP contribution in [0, 0.1) is 5.82 Å². The molecule has 6 rings (SSSR count). The Hall–Kier alpha value is -4.75. The molecule has 1 saturated heterocycles. The maximum absolute atomic E-state index is 13.6. The molecule has 4 aromatic rings. The quantitative estimate of drug-likeness (QED) is 0.264. The lowest BCUT2D eigenvalue weighted by Crippen LogP contribution is -2.50. The van der Waals surface area contributed by atoms with Gasteiger partial charge in [0.25, 0.3) is 11.8 Å². The number of hydrogen-bond acceptors (Lipinski definition) is 6. The molecule has 3 aromatic carbocycles. The summed E-state index contributed by atoms with van der Waals surface area (Å²) in [6.45, 7) is 1.02. The average molecular weight is 665 g/mol. The summed E-state index contributed by atoms with van der Waals surface area (Å²) in [7, 11) is -3.94. The van der Waals surface area contributed by atoms with Crippen LogP contribution in [0.4, 0.5) is 13.2 Å². The first kappa shape index (κ1) is 32.2. The van der Waals surface area contributed by atoms with Crippen LogP contribution in [0.3, 0.4) is 0 Å². The molecule has 2 amide bonds. The third-order valence-corrected chi connectivity index (χ3v) is 10.1. The van der Waals surface area contributed by atoms with Gasteiger partial charge in [-0.1, -0.05) is 12.1 Å². The van der Waals surface area contributed by atoms with Crippen molar-refractivity contribution in [2.75, 3.05) is 32.7 Å². The largest absolute Gasteiger partial charge is 0.457 e. The van der Waals surface area contributed by atoms with Gasteiger partial charge < -0.3 is 14.5 Å². The molecule has 0 unspecified atom stereocenters. The summed E-state index contributed by atoms with van der Waals surface area (Å²) >= 11 is 0. The van der Waals surface area contributed by atoms with Crippen molar-refractivity contribution in [3.8, 4) is 22.8 Å². The Balaban J connectivity index is 1.09. The van der Waals surface area contributed by atoms with Crippen LogP contribution in [0.25, 0.3) is 11.3 Å². The molecule has 0 spiro atoms. The molecule has 9 nitrogen and oxygen atoms in total. The fourth-order valence-corrected chi connectivity index (χ4v) is 7.11. The van der Waals surface area contributed by atoms with E-state index in [1.165, 1.54) is 40.7 Å². The maximum Gasteiger partial charge on any atom is 0.322 e. The number of nitrogens with zero attached hydrogens (tertiary/aromatic N) is 4. The normalized spacial score (nSPS) is 15.7. The second kappa shape index (κ2) is 12.8. The molecular formula is C34H31F3N4O5S. The second-order valence-electron chi connectivity index (χ2n) is 11.5. The number of benzene rings is 3. The van der Waals surface area contributed by atoms with Gasteiger partial charge in [0.1, 0.15) is 23.0 Å². The first-order valence-corrected chi connectivity index (χ1v) is 16.4. The van der Waals surface area contributed by atoms with Crippen LogP contribution in [-0.2, 0) is 27.8 Å². The number of carbonyl (C=O) groups excluding carboxylic acids is 2. The Bertz CT molecular complexity index is 1910. The van der Waals surface area contributed by atoms with Crippen molar-refractivity contribution in [2.45, 2.75) is 30.7 Å². The molecule has 0 aliphatic carbocycles. The topological polar surface area (TPSA) is 100 Å². The lowest BCUT2D eigenvalue weighted by Gasteiger charge is -2.34. The fourth-order valence-electron chi connectivity index (χ4n) is 5.63. The number of alkyl halides is 2. The number of fused-ring (bicyclic) bond motifs is 1. The first-order chi connectivity index (χ1) is 22.4. The van der Waals surface area contributed by atoms with E-state index in [1.807, 2.05) is 0 Å². The number of aromatic nitrogens is 1. The van der Waals surface area contributed by atoms with Crippen molar-refractivity contribution in [1.29, 1.82) is 0 Å². The molecular weight excluding hydrogens is 633 g/mol. The van der Waals surface area contributed by atoms with Crippen LogP contribution in [0.1, 0.15) is 28.5 Å². The minimum absolute atomic E-state index is 0.0111. The third kappa shape index (κ3) is 7.00. The van der Waals surface area contributed by atoms with E-state index in [4.69, 9.17) is 4.74 Å². The number of piperazine rings is 1. The molecule has 0 bridgehead atoms. The van der Waals surface area contributed by atoms with Crippen molar-refractivity contribution in [1.82, 2.24) is 19.1 Å². The van der Waals surface area contributed by atoms with Gasteiger partial charge >= 0.3 is 5.92 Å². The summed E-state index contributed by atoms with van der Waals surface area (Å²) < 4.78 is 74.5. The minimum Gasteiger partial charge on any atom is -0.457 e. The average Bonchev–Trinajstić information content (AvgIpc) is 3.08. The zero-order valence-electron chi connectivity index (χ0n) is 25.4. The highest BCUT2D eigenvalue weighted by Gasteiger charge is 2.38. The highest BCUT2D eigenvalue weighted by atomic mass is 32.2. The van der Waals surface area contributed by atoms with Crippen molar-refractivity contribution in [3.05, 3.63) is 108 Å². The number of sulfonamides is 1. The third-order valence-electron chi connectivity index (χ3n) is 8.18. The number of amides is 2. The van der Waals surface area contributed by atoms with Gasteiger partial charge in [-0.05, 0) is 90.3 Å². The Kier molecular flexibility index (Phi) is 8.77. The van der Waals surface area contributed by atoms with Gasteiger partial charge in [-0.15, -0.1) is 0 Å². The molecule has 2 aliphatic rings. The van der Waals surface area contributed by atoms with Crippen molar-refractivity contribution in [3.63, 3.8) is 0 Å². The highest BCUT2D eigenvalue weighted by Crippen LogP contribution is 2.29. The molecule has 0 radical (unpaired) electrons. The van der Waals surface area contributed by atoms with E-state index in [0.29, 0.717) is 36.1 Å². The van der Waals surface area contributed by atoms with Crippen LogP contribution >= 0.6 is 0 Å². The summed E-state index contributed by atoms with van der Waals surface area (Å²) in [5.41, 5.74) is 2.87. The summed E-state index contributed by atoms with van der Waals surface area (Å²) in [5, 5.41) is 0. The monoisotopic (exact) mass is 664 g/mol. The maximum atomic E-state index is 13.6. The first-order valence-electron chi connectivity index (χ1n) is 15.0. The number of pyridine rings is 1. The van der Waals surface area contributed by atoms with E-state index in [9.17, 15) is 31.2 Å². The van der Waals surface area contributed by atoms with Gasteiger partial charge in [-0.3, -0.25) is 9.59 Å². The Labute approximate surface area is 270 Å². The SMILES string of the molecule is CC(F)(F)C(=O)N1CCc2ccc(S(=O)(=O)N3CCN(C(=O)c4cccc(-c5ccc(Oc6ccc(F)cc6)cc5)n4)CC3)cc2C1. The van der Waals surface area contributed by atoms with E-state index in [2.05, 4.69) is 4.98 Å². The summed E-state index contributed by atoms with van der Waals surface area (Å²) in [5.74, 6) is -4.44. The number of hydrogen-bond donors (Lipinski definition) is 0. The summed E-state index contributed by atoms with van der Waals surface area (Å²) in [6.07, 6.45) is 0.352. The molecule has 1 fully saturated rings. The summed E-state index contributed by atoms with van der Waals surface area (Å²) in [4.78, 5) is 32.6. The van der Waals surface area contributed by atoms with Gasteiger partial charge in [-0.2, -0.15) is 13.1 Å². The highest BCUT2D eigenvalue weighted by molar-refractivity contribution is 7.89. The van der Waals surface area contributed by atoms with Crippen LogP contribution in [0.5, 0.6) is 11.5 Å². The van der Waals surface area contributed by atoms with Crippen molar-refractivity contribution in [2.24, 2.45) is 0 Å². The van der Waals surface area contributed by atoms with Crippen LogP contribution in [0.15, 0.2) is 89.8 Å². The van der Waals surface area contributed by atoms with Gasteiger partial charge in [0.2, 0.25) is 10.0 Å². The summed E-state index contributed by atoms with van der Waals surface area (Å²) in [6, 6.07) is 22.5. The van der Waals surface area contributed by atoms with Crippen molar-refractivity contribution >= 4 is 21.8 Å². The molecule has 1 aromatic heterocycles.